The molecule has 0 spiro atoms. The largest absolute Gasteiger partial charge is 0.375 e. The summed E-state index contributed by atoms with van der Waals surface area (Å²) in [6, 6.07) is 3.12. The molecule has 1 amide bonds. The summed E-state index contributed by atoms with van der Waals surface area (Å²) in [4.78, 5) is 13.5. The number of rotatable bonds is 2. The molecular formula is C11H12Cl2N2O2. The number of nitrogens with two attached hydrogens (primary N) is 1. The molecule has 0 aliphatic carbocycles. The van der Waals surface area contributed by atoms with Crippen molar-refractivity contribution in [1.29, 1.82) is 0 Å². The predicted octanol–water partition coefficient (Wildman–Crippen LogP) is 1.51. The summed E-state index contributed by atoms with van der Waals surface area (Å²) in [5, 5.41) is 10.9. The lowest BCUT2D eigenvalue weighted by Gasteiger charge is -2.18. The number of hydrogen-bond acceptors (Lipinski definition) is 3. The summed E-state index contributed by atoms with van der Waals surface area (Å²) in [6.45, 7) is 2.04. The van der Waals surface area contributed by atoms with E-state index < -0.39 is 11.5 Å². The van der Waals surface area contributed by atoms with Crippen LogP contribution in [-0.4, -0.2) is 24.1 Å². The molecule has 1 aromatic carbocycles. The van der Waals surface area contributed by atoms with Crippen LogP contribution in [0, 0.1) is 0 Å². The fourth-order valence-electron chi connectivity index (χ4n) is 2.09. The van der Waals surface area contributed by atoms with E-state index in [0.29, 0.717) is 29.4 Å². The SMILES string of the molecule is CC1(O)C(=O)N(CCN)c2cc(Cl)cc(Cl)c21. The molecule has 1 atom stereocenters. The molecule has 1 unspecified atom stereocenters. The number of hydrogen-bond donors (Lipinski definition) is 2. The second-order valence-electron chi connectivity index (χ2n) is 4.10. The third-order valence-corrected chi connectivity index (χ3v) is 3.34. The van der Waals surface area contributed by atoms with Crippen LogP contribution in [0.5, 0.6) is 0 Å². The zero-order chi connectivity index (χ0) is 12.8. The summed E-state index contributed by atoms with van der Waals surface area (Å²) in [6.07, 6.45) is 0. The second-order valence-corrected chi connectivity index (χ2v) is 4.94. The normalized spacial score (nSPS) is 23.1. The lowest BCUT2D eigenvalue weighted by Crippen LogP contribution is -2.40. The number of benzene rings is 1. The Balaban J connectivity index is 2.65. The molecule has 3 N–H and O–H groups in total. The fraction of sp³-hybridized carbons (Fsp3) is 0.364. The quantitative estimate of drug-likeness (QED) is 0.859. The first-order valence-corrected chi connectivity index (χ1v) is 5.89. The topological polar surface area (TPSA) is 66.6 Å². The van der Waals surface area contributed by atoms with Gasteiger partial charge in [-0.3, -0.25) is 4.79 Å². The van der Waals surface area contributed by atoms with Crippen LogP contribution in [0.2, 0.25) is 10.0 Å². The van der Waals surface area contributed by atoms with Gasteiger partial charge in [-0.15, -0.1) is 0 Å². The number of fused-ring (bicyclic) bond motifs is 1. The van der Waals surface area contributed by atoms with E-state index in [1.807, 2.05) is 0 Å². The minimum absolute atomic E-state index is 0.283. The minimum atomic E-state index is -1.62. The van der Waals surface area contributed by atoms with Crippen LogP contribution in [0.1, 0.15) is 12.5 Å². The first kappa shape index (κ1) is 12.6. The molecule has 6 heteroatoms. The Morgan fingerprint density at radius 3 is 2.71 bits per heavy atom. The number of halogens is 2. The van der Waals surface area contributed by atoms with Gasteiger partial charge in [-0.25, -0.2) is 0 Å². The van der Waals surface area contributed by atoms with Crippen LogP contribution in [0.4, 0.5) is 5.69 Å². The molecule has 0 saturated heterocycles. The molecule has 1 heterocycles. The summed E-state index contributed by atoms with van der Waals surface area (Å²) < 4.78 is 0. The van der Waals surface area contributed by atoms with Crippen molar-refractivity contribution in [3.05, 3.63) is 27.7 Å². The van der Waals surface area contributed by atoms with E-state index in [9.17, 15) is 9.90 Å². The Hall–Kier alpha value is -0.810. The molecule has 0 fully saturated rings. The van der Waals surface area contributed by atoms with Crippen LogP contribution in [0.15, 0.2) is 12.1 Å². The summed E-state index contributed by atoms with van der Waals surface area (Å²) >= 11 is 11.9. The fourth-order valence-corrected chi connectivity index (χ4v) is 2.75. The number of carbonyl (C=O) groups excluding carboxylic acids is 1. The zero-order valence-electron chi connectivity index (χ0n) is 9.20. The third-order valence-electron chi connectivity index (χ3n) is 2.83. The molecule has 2 rings (SSSR count). The van der Waals surface area contributed by atoms with Crippen LogP contribution in [-0.2, 0) is 10.4 Å². The van der Waals surface area contributed by atoms with E-state index in [4.69, 9.17) is 28.9 Å². The van der Waals surface area contributed by atoms with Crippen LogP contribution < -0.4 is 10.6 Å². The van der Waals surface area contributed by atoms with Gasteiger partial charge in [-0.1, -0.05) is 23.2 Å². The summed E-state index contributed by atoms with van der Waals surface area (Å²) in [5.41, 5.74) is 4.75. The molecule has 0 radical (unpaired) electrons. The van der Waals surface area contributed by atoms with Gasteiger partial charge in [0, 0.05) is 23.7 Å². The molecule has 1 aliphatic rings. The van der Waals surface area contributed by atoms with Crippen LogP contribution >= 0.6 is 23.2 Å². The van der Waals surface area contributed by atoms with Crippen LogP contribution in [0.3, 0.4) is 0 Å². The maximum absolute atomic E-state index is 12.1. The first-order chi connectivity index (χ1) is 7.89. The number of amides is 1. The number of aliphatic hydroxyl groups is 1. The Bertz CT molecular complexity index is 489. The lowest BCUT2D eigenvalue weighted by molar-refractivity contribution is -0.134. The Morgan fingerprint density at radius 2 is 2.12 bits per heavy atom. The minimum Gasteiger partial charge on any atom is -0.375 e. The van der Waals surface area contributed by atoms with Gasteiger partial charge in [0.05, 0.1) is 10.7 Å². The van der Waals surface area contributed by atoms with E-state index >= 15 is 0 Å². The smallest absolute Gasteiger partial charge is 0.263 e. The summed E-state index contributed by atoms with van der Waals surface area (Å²) in [7, 11) is 0. The molecule has 4 nitrogen and oxygen atoms in total. The van der Waals surface area contributed by atoms with Crippen molar-refractivity contribution in [1.82, 2.24) is 0 Å². The molecule has 1 aromatic rings. The van der Waals surface area contributed by atoms with E-state index in [-0.39, 0.29) is 5.02 Å². The first-order valence-electron chi connectivity index (χ1n) is 5.13. The van der Waals surface area contributed by atoms with Crippen molar-refractivity contribution < 1.29 is 9.90 Å². The predicted molar refractivity (Wildman–Crippen MR) is 67.4 cm³/mol. The van der Waals surface area contributed by atoms with Gasteiger partial charge in [-0.2, -0.15) is 0 Å². The number of nitrogens with zero attached hydrogens (tertiary/aromatic N) is 1. The van der Waals surface area contributed by atoms with Gasteiger partial charge < -0.3 is 15.7 Å². The monoisotopic (exact) mass is 274 g/mol. The highest BCUT2D eigenvalue weighted by atomic mass is 35.5. The van der Waals surface area contributed by atoms with Gasteiger partial charge in [0.15, 0.2) is 5.60 Å². The van der Waals surface area contributed by atoms with Gasteiger partial charge in [-0.05, 0) is 19.1 Å². The van der Waals surface area contributed by atoms with E-state index in [1.165, 1.54) is 17.9 Å². The molecule has 0 aromatic heterocycles. The molecule has 92 valence electrons. The molecule has 0 saturated carbocycles. The Morgan fingerprint density at radius 1 is 1.47 bits per heavy atom. The maximum Gasteiger partial charge on any atom is 0.263 e. The van der Waals surface area contributed by atoms with Crippen molar-refractivity contribution in [2.45, 2.75) is 12.5 Å². The lowest BCUT2D eigenvalue weighted by atomic mass is 9.98. The maximum atomic E-state index is 12.1. The second kappa shape index (κ2) is 4.14. The molecule has 1 aliphatic heterocycles. The average Bonchev–Trinajstić information content (AvgIpc) is 2.39. The highest BCUT2D eigenvalue weighted by molar-refractivity contribution is 6.36. The Labute approximate surface area is 109 Å². The van der Waals surface area contributed by atoms with Gasteiger partial charge >= 0.3 is 0 Å². The Kier molecular flexibility index (Phi) is 3.08. The standard InChI is InChI=1S/C11H12Cl2N2O2/c1-11(17)9-7(13)4-6(12)5-8(9)15(3-2-14)10(11)16/h4-5,17H,2-3,14H2,1H3. The number of anilines is 1. The molecule has 0 bridgehead atoms. The average molecular weight is 275 g/mol. The van der Waals surface area contributed by atoms with E-state index in [1.54, 1.807) is 6.07 Å². The van der Waals surface area contributed by atoms with Gasteiger partial charge in [0.25, 0.3) is 5.91 Å². The van der Waals surface area contributed by atoms with Crippen molar-refractivity contribution in [2.24, 2.45) is 5.73 Å². The van der Waals surface area contributed by atoms with Crippen molar-refractivity contribution in [3.63, 3.8) is 0 Å². The molecule has 17 heavy (non-hydrogen) atoms. The van der Waals surface area contributed by atoms with Crippen molar-refractivity contribution in [2.75, 3.05) is 18.0 Å². The third kappa shape index (κ3) is 1.81. The van der Waals surface area contributed by atoms with E-state index in [0.717, 1.165) is 0 Å². The van der Waals surface area contributed by atoms with Crippen molar-refractivity contribution in [3.8, 4) is 0 Å². The number of carbonyl (C=O) groups is 1. The summed E-state index contributed by atoms with van der Waals surface area (Å²) in [5.74, 6) is -0.429. The zero-order valence-corrected chi connectivity index (χ0v) is 10.7. The van der Waals surface area contributed by atoms with Crippen molar-refractivity contribution >= 4 is 34.8 Å². The highest BCUT2D eigenvalue weighted by Gasteiger charge is 2.47. The molecular weight excluding hydrogens is 263 g/mol. The van der Waals surface area contributed by atoms with Gasteiger partial charge in [0.1, 0.15) is 0 Å². The van der Waals surface area contributed by atoms with E-state index in [2.05, 4.69) is 0 Å². The highest BCUT2D eigenvalue weighted by Crippen LogP contribution is 2.45. The van der Waals surface area contributed by atoms with Crippen LogP contribution in [0.25, 0.3) is 0 Å². The van der Waals surface area contributed by atoms with Gasteiger partial charge in [0.2, 0.25) is 0 Å².